The first kappa shape index (κ1) is 27.3. The number of carbonyl (C=O) groups excluding carboxylic acids is 3. The van der Waals surface area contributed by atoms with Crippen LogP contribution in [-0.2, 0) is 9.59 Å². The summed E-state index contributed by atoms with van der Waals surface area (Å²) in [5.41, 5.74) is 0.612. The average Bonchev–Trinajstić information content (AvgIpc) is 3.38. The monoisotopic (exact) mass is 537 g/mol. The maximum Gasteiger partial charge on any atom is 0.280 e. The zero-order chi connectivity index (χ0) is 26.2. The van der Waals surface area contributed by atoms with Crippen molar-refractivity contribution in [2.45, 2.75) is 6.42 Å². The molecular weight excluding hydrogens is 510 g/mol. The molecule has 194 valence electrons. The number of rotatable bonds is 10. The molecule has 2 aromatic carbocycles. The van der Waals surface area contributed by atoms with Crippen LogP contribution in [0.25, 0.3) is 0 Å². The molecule has 36 heavy (non-hydrogen) atoms. The van der Waals surface area contributed by atoms with E-state index in [-0.39, 0.29) is 39.7 Å². The standard InChI is InChI=1S/C24H28ClN3O7S/c1-32-15-6-8-18(33-2)17(12-15)26-20(29)13-36-14-21(30)27-10-5-11-28(27)24(31)22-19(34-3)9-7-16(25)23(22)35-4/h6-9,12H,5,10-11,13-14H2,1-4H3,(H,26,29). The van der Waals surface area contributed by atoms with Crippen molar-refractivity contribution in [3.63, 3.8) is 0 Å². The number of hydrogen-bond donors (Lipinski definition) is 1. The number of anilines is 1. The highest BCUT2D eigenvalue weighted by atomic mass is 35.5. The van der Waals surface area contributed by atoms with Crippen molar-refractivity contribution in [3.8, 4) is 23.0 Å². The van der Waals surface area contributed by atoms with Crippen molar-refractivity contribution >= 4 is 46.8 Å². The first-order valence-electron chi connectivity index (χ1n) is 11.0. The van der Waals surface area contributed by atoms with Crippen LogP contribution in [0.2, 0.25) is 5.02 Å². The molecular formula is C24H28ClN3O7S. The molecule has 1 aliphatic rings. The lowest BCUT2D eigenvalue weighted by molar-refractivity contribution is -0.137. The number of thioether (sulfide) groups is 1. The largest absolute Gasteiger partial charge is 0.497 e. The molecule has 12 heteroatoms. The van der Waals surface area contributed by atoms with Crippen LogP contribution in [0.5, 0.6) is 23.0 Å². The predicted molar refractivity (Wildman–Crippen MR) is 137 cm³/mol. The van der Waals surface area contributed by atoms with Gasteiger partial charge >= 0.3 is 0 Å². The van der Waals surface area contributed by atoms with Crippen molar-refractivity contribution in [1.82, 2.24) is 10.0 Å². The van der Waals surface area contributed by atoms with Gasteiger partial charge in [0.05, 0.1) is 50.7 Å². The van der Waals surface area contributed by atoms with Gasteiger partial charge in [-0.3, -0.25) is 19.4 Å². The van der Waals surface area contributed by atoms with Crippen molar-refractivity contribution in [2.75, 3.05) is 58.4 Å². The molecule has 1 N–H and O–H groups in total. The number of carbonyl (C=O) groups is 3. The summed E-state index contributed by atoms with van der Waals surface area (Å²) in [5.74, 6) is 0.521. The zero-order valence-corrected chi connectivity index (χ0v) is 22.0. The molecule has 0 atom stereocenters. The summed E-state index contributed by atoms with van der Waals surface area (Å²) in [6, 6.07) is 8.21. The minimum atomic E-state index is -0.454. The molecule has 0 aliphatic carbocycles. The number of amides is 3. The first-order chi connectivity index (χ1) is 17.3. The molecule has 3 amide bonds. The van der Waals surface area contributed by atoms with Gasteiger partial charge in [-0.1, -0.05) is 11.6 Å². The average molecular weight is 538 g/mol. The Hall–Kier alpha value is -3.31. The number of halogens is 1. The second kappa shape index (κ2) is 12.6. The smallest absolute Gasteiger partial charge is 0.280 e. The van der Waals surface area contributed by atoms with Gasteiger partial charge in [0.1, 0.15) is 22.8 Å². The fraction of sp³-hybridized carbons (Fsp3) is 0.375. The normalized spacial score (nSPS) is 12.8. The number of hydrogen-bond acceptors (Lipinski definition) is 8. The van der Waals surface area contributed by atoms with E-state index in [2.05, 4.69) is 5.32 Å². The molecule has 1 heterocycles. The van der Waals surface area contributed by atoms with Crippen molar-refractivity contribution in [3.05, 3.63) is 40.9 Å². The van der Waals surface area contributed by atoms with Crippen LogP contribution < -0.4 is 24.3 Å². The van der Waals surface area contributed by atoms with Crippen LogP contribution in [0, 0.1) is 0 Å². The molecule has 3 rings (SSSR count). The summed E-state index contributed by atoms with van der Waals surface area (Å²) < 4.78 is 21.1. The van der Waals surface area contributed by atoms with Crippen molar-refractivity contribution in [2.24, 2.45) is 0 Å². The first-order valence-corrected chi connectivity index (χ1v) is 12.5. The van der Waals surface area contributed by atoms with Crippen molar-refractivity contribution < 1.29 is 33.3 Å². The number of nitrogens with one attached hydrogen (secondary N) is 1. The molecule has 1 saturated heterocycles. The lowest BCUT2D eigenvalue weighted by Gasteiger charge is -2.29. The van der Waals surface area contributed by atoms with Crippen molar-refractivity contribution in [1.29, 1.82) is 0 Å². The van der Waals surface area contributed by atoms with Crippen LogP contribution in [0.1, 0.15) is 16.8 Å². The van der Waals surface area contributed by atoms with E-state index < -0.39 is 5.91 Å². The Bertz CT molecular complexity index is 1130. The number of hydrazine groups is 1. The molecule has 2 aromatic rings. The third-order valence-corrected chi connectivity index (χ3v) is 6.62. The predicted octanol–water partition coefficient (Wildman–Crippen LogP) is 3.34. The van der Waals surface area contributed by atoms with E-state index >= 15 is 0 Å². The van der Waals surface area contributed by atoms with Crippen LogP contribution in [-0.4, -0.2) is 80.8 Å². The molecule has 1 aliphatic heterocycles. The minimum Gasteiger partial charge on any atom is -0.497 e. The van der Waals surface area contributed by atoms with E-state index in [4.69, 9.17) is 30.5 Å². The lowest BCUT2D eigenvalue weighted by Crippen LogP contribution is -2.45. The third kappa shape index (κ3) is 6.08. The summed E-state index contributed by atoms with van der Waals surface area (Å²) in [6.07, 6.45) is 0.615. The summed E-state index contributed by atoms with van der Waals surface area (Å²) in [7, 11) is 5.88. The van der Waals surface area contributed by atoms with Crippen LogP contribution in [0.3, 0.4) is 0 Å². The SMILES string of the molecule is COc1ccc(OC)c(NC(=O)CSCC(=O)N2CCCN2C(=O)c2c(OC)ccc(Cl)c2OC)c1. The Kier molecular flexibility index (Phi) is 9.54. The van der Waals surface area contributed by atoms with Gasteiger partial charge < -0.3 is 24.3 Å². The Morgan fingerprint density at radius 1 is 0.917 bits per heavy atom. The summed E-state index contributed by atoms with van der Waals surface area (Å²) in [6.45, 7) is 0.730. The van der Waals surface area contributed by atoms with Gasteiger partial charge in [-0.15, -0.1) is 11.8 Å². The fourth-order valence-corrected chi connectivity index (χ4v) is 4.64. The Morgan fingerprint density at radius 2 is 1.61 bits per heavy atom. The van der Waals surface area contributed by atoms with Crippen LogP contribution in [0.4, 0.5) is 5.69 Å². The number of benzene rings is 2. The molecule has 1 fully saturated rings. The molecule has 0 aromatic heterocycles. The molecule has 0 radical (unpaired) electrons. The number of nitrogens with zero attached hydrogens (tertiary/aromatic N) is 2. The lowest BCUT2D eigenvalue weighted by atomic mass is 10.1. The second-order valence-electron chi connectivity index (χ2n) is 7.56. The molecule has 0 spiro atoms. The van der Waals surface area contributed by atoms with Crippen LogP contribution in [0.15, 0.2) is 30.3 Å². The maximum absolute atomic E-state index is 13.4. The van der Waals surface area contributed by atoms with E-state index in [1.165, 1.54) is 38.5 Å². The minimum absolute atomic E-state index is 0.0102. The van der Waals surface area contributed by atoms with Gasteiger partial charge in [0.15, 0.2) is 5.75 Å². The van der Waals surface area contributed by atoms with Gasteiger partial charge in [-0.05, 0) is 30.7 Å². The summed E-state index contributed by atoms with van der Waals surface area (Å²) >= 11 is 7.35. The maximum atomic E-state index is 13.4. The van der Waals surface area contributed by atoms with Gasteiger partial charge in [0.2, 0.25) is 5.91 Å². The number of ether oxygens (including phenoxy) is 4. The highest BCUT2D eigenvalue weighted by molar-refractivity contribution is 8.00. The Labute approximate surface area is 218 Å². The Morgan fingerprint density at radius 3 is 2.28 bits per heavy atom. The van der Waals surface area contributed by atoms with E-state index in [1.807, 2.05) is 0 Å². The second-order valence-corrected chi connectivity index (χ2v) is 8.96. The molecule has 0 saturated carbocycles. The quantitative estimate of drug-likeness (QED) is 0.492. The van der Waals surface area contributed by atoms with E-state index in [0.29, 0.717) is 42.4 Å². The van der Waals surface area contributed by atoms with Gasteiger partial charge in [-0.2, -0.15) is 0 Å². The van der Waals surface area contributed by atoms with Crippen LogP contribution >= 0.6 is 23.4 Å². The van der Waals surface area contributed by atoms with Gasteiger partial charge in [0, 0.05) is 19.2 Å². The van der Waals surface area contributed by atoms with Gasteiger partial charge in [-0.25, -0.2) is 5.01 Å². The third-order valence-electron chi connectivity index (χ3n) is 5.40. The summed E-state index contributed by atoms with van der Waals surface area (Å²) in [5, 5.41) is 5.77. The number of methoxy groups -OCH3 is 4. The highest BCUT2D eigenvalue weighted by Crippen LogP contribution is 2.37. The summed E-state index contributed by atoms with van der Waals surface area (Å²) in [4.78, 5) is 38.8. The van der Waals surface area contributed by atoms with E-state index in [1.54, 1.807) is 30.3 Å². The zero-order valence-electron chi connectivity index (χ0n) is 20.5. The highest BCUT2D eigenvalue weighted by Gasteiger charge is 2.34. The van der Waals surface area contributed by atoms with E-state index in [0.717, 1.165) is 11.8 Å². The van der Waals surface area contributed by atoms with E-state index in [9.17, 15) is 14.4 Å². The van der Waals surface area contributed by atoms with Gasteiger partial charge in [0.25, 0.3) is 11.8 Å². The fourth-order valence-electron chi connectivity index (χ4n) is 3.73. The molecule has 0 bridgehead atoms. The molecule has 0 unspecified atom stereocenters. The Balaban J connectivity index is 1.62. The molecule has 10 nitrogen and oxygen atoms in total. The topological polar surface area (TPSA) is 107 Å².